The normalized spacial score (nSPS) is 10.6. The molecule has 0 aromatic heterocycles. The van der Waals surface area contributed by atoms with E-state index in [2.05, 4.69) is 31.3 Å². The molecule has 0 spiro atoms. The van der Waals surface area contributed by atoms with Gasteiger partial charge >= 0.3 is 0 Å². The molecule has 4 heteroatoms. The molecule has 1 amide bonds. The summed E-state index contributed by atoms with van der Waals surface area (Å²) in [7, 11) is 0. The molecule has 20 heavy (non-hydrogen) atoms. The maximum absolute atomic E-state index is 11.4. The number of benzene rings is 2. The van der Waals surface area contributed by atoms with Gasteiger partial charge in [0, 0.05) is 11.4 Å². The Bertz CT molecular complexity index is 618. The fourth-order valence-electron chi connectivity index (χ4n) is 1.99. The van der Waals surface area contributed by atoms with E-state index in [0.717, 1.165) is 5.69 Å². The number of nitrogens with two attached hydrogens (primary N) is 2. The van der Waals surface area contributed by atoms with E-state index in [0.29, 0.717) is 22.9 Å². The Morgan fingerprint density at radius 2 is 1.75 bits per heavy atom. The van der Waals surface area contributed by atoms with Crippen LogP contribution in [0.5, 0.6) is 0 Å². The lowest BCUT2D eigenvalue weighted by molar-refractivity contribution is 0.100. The molecule has 2 aromatic rings. The van der Waals surface area contributed by atoms with Gasteiger partial charge in [0.1, 0.15) is 0 Å². The van der Waals surface area contributed by atoms with Gasteiger partial charge in [0.2, 0.25) is 0 Å². The minimum Gasteiger partial charge on any atom is -0.399 e. The van der Waals surface area contributed by atoms with Crippen LogP contribution < -0.4 is 16.8 Å². The lowest BCUT2D eigenvalue weighted by Gasteiger charge is -2.12. The summed E-state index contributed by atoms with van der Waals surface area (Å²) in [5.74, 6) is 0.00361. The third kappa shape index (κ3) is 3.09. The summed E-state index contributed by atoms with van der Waals surface area (Å²) in [5, 5.41) is 3.18. The van der Waals surface area contributed by atoms with E-state index in [1.165, 1.54) is 5.56 Å². The number of carbonyl (C=O) groups excluding carboxylic acids is 1. The summed E-state index contributed by atoms with van der Waals surface area (Å²) >= 11 is 0. The molecular formula is C16H19N3O. The summed E-state index contributed by atoms with van der Waals surface area (Å²) in [6.45, 7) is 4.29. The Morgan fingerprint density at radius 1 is 1.10 bits per heavy atom. The molecule has 0 aliphatic rings. The zero-order valence-electron chi connectivity index (χ0n) is 11.7. The zero-order chi connectivity index (χ0) is 14.7. The Balaban J connectivity index is 2.29. The Hall–Kier alpha value is -2.49. The lowest BCUT2D eigenvalue weighted by Crippen LogP contribution is -2.13. The molecule has 0 radical (unpaired) electrons. The molecule has 0 saturated heterocycles. The van der Waals surface area contributed by atoms with Crippen LogP contribution in [0, 0.1) is 0 Å². The molecule has 5 N–H and O–H groups in total. The van der Waals surface area contributed by atoms with Crippen LogP contribution in [-0.2, 0) is 0 Å². The maximum atomic E-state index is 11.4. The Labute approximate surface area is 118 Å². The number of hydrogen-bond donors (Lipinski definition) is 3. The average molecular weight is 269 g/mol. The topological polar surface area (TPSA) is 81.1 Å². The van der Waals surface area contributed by atoms with Gasteiger partial charge in [-0.05, 0) is 41.8 Å². The van der Waals surface area contributed by atoms with Crippen molar-refractivity contribution in [2.45, 2.75) is 19.8 Å². The summed E-state index contributed by atoms with van der Waals surface area (Å²) in [6.07, 6.45) is 0. The zero-order valence-corrected chi connectivity index (χ0v) is 11.7. The smallest absolute Gasteiger partial charge is 0.250 e. The molecule has 0 atom stereocenters. The molecule has 104 valence electrons. The second-order valence-corrected chi connectivity index (χ2v) is 5.07. The van der Waals surface area contributed by atoms with Crippen LogP contribution in [-0.4, -0.2) is 5.91 Å². The summed E-state index contributed by atoms with van der Waals surface area (Å²) in [4.78, 5) is 11.4. The van der Waals surface area contributed by atoms with E-state index in [1.807, 2.05) is 12.1 Å². The van der Waals surface area contributed by atoms with Gasteiger partial charge in [-0.1, -0.05) is 26.0 Å². The van der Waals surface area contributed by atoms with Gasteiger partial charge in [-0.15, -0.1) is 0 Å². The van der Waals surface area contributed by atoms with E-state index in [1.54, 1.807) is 18.2 Å². The molecule has 0 saturated carbocycles. The van der Waals surface area contributed by atoms with Crippen molar-refractivity contribution in [1.29, 1.82) is 0 Å². The first-order valence-electron chi connectivity index (χ1n) is 6.53. The predicted molar refractivity (Wildman–Crippen MR) is 83.2 cm³/mol. The molecular weight excluding hydrogens is 250 g/mol. The first-order valence-corrected chi connectivity index (χ1v) is 6.53. The quantitative estimate of drug-likeness (QED) is 0.745. The molecule has 0 bridgehead atoms. The van der Waals surface area contributed by atoms with Gasteiger partial charge in [-0.3, -0.25) is 4.79 Å². The average Bonchev–Trinajstić information content (AvgIpc) is 2.39. The third-order valence-corrected chi connectivity index (χ3v) is 3.17. The van der Waals surface area contributed by atoms with Crippen LogP contribution in [0.15, 0.2) is 42.5 Å². The highest BCUT2D eigenvalue weighted by molar-refractivity contribution is 5.99. The molecule has 0 fully saturated rings. The summed E-state index contributed by atoms with van der Waals surface area (Å²) < 4.78 is 0. The van der Waals surface area contributed by atoms with Crippen LogP contribution in [0.1, 0.15) is 35.7 Å². The van der Waals surface area contributed by atoms with Gasteiger partial charge in [0.15, 0.2) is 0 Å². The standard InChI is InChI=1S/C16H19N3O/c1-10(2)11-3-6-13(7-4-11)19-15-9-12(17)5-8-14(15)16(18)20/h3-10,19H,17H2,1-2H3,(H2,18,20). The van der Waals surface area contributed by atoms with E-state index in [9.17, 15) is 4.79 Å². The molecule has 4 nitrogen and oxygen atoms in total. The molecule has 0 aliphatic carbocycles. The number of anilines is 3. The Kier molecular flexibility index (Phi) is 3.94. The number of primary amides is 1. The van der Waals surface area contributed by atoms with Crippen LogP contribution >= 0.6 is 0 Å². The highest BCUT2D eigenvalue weighted by Crippen LogP contribution is 2.24. The fraction of sp³-hybridized carbons (Fsp3) is 0.188. The van der Waals surface area contributed by atoms with Gasteiger partial charge in [-0.2, -0.15) is 0 Å². The summed E-state index contributed by atoms with van der Waals surface area (Å²) in [5.41, 5.74) is 14.9. The fourth-order valence-corrected chi connectivity index (χ4v) is 1.99. The number of nitrogens with one attached hydrogen (secondary N) is 1. The number of nitrogen functional groups attached to an aromatic ring is 1. The number of rotatable bonds is 4. The monoisotopic (exact) mass is 269 g/mol. The van der Waals surface area contributed by atoms with Gasteiger partial charge < -0.3 is 16.8 Å². The minimum absolute atomic E-state index is 0.423. The van der Waals surface area contributed by atoms with Crippen molar-refractivity contribution >= 4 is 23.0 Å². The largest absolute Gasteiger partial charge is 0.399 e. The van der Waals surface area contributed by atoms with Crippen LogP contribution in [0.4, 0.5) is 17.1 Å². The van der Waals surface area contributed by atoms with E-state index in [-0.39, 0.29) is 0 Å². The first kappa shape index (κ1) is 13.9. The van der Waals surface area contributed by atoms with Gasteiger partial charge in [0.25, 0.3) is 5.91 Å². The first-order chi connectivity index (χ1) is 9.47. The van der Waals surface area contributed by atoms with Crippen LogP contribution in [0.25, 0.3) is 0 Å². The number of carbonyl (C=O) groups is 1. The molecule has 2 aromatic carbocycles. The second-order valence-electron chi connectivity index (χ2n) is 5.07. The van der Waals surface area contributed by atoms with Crippen molar-refractivity contribution in [3.05, 3.63) is 53.6 Å². The van der Waals surface area contributed by atoms with E-state index < -0.39 is 5.91 Å². The molecule has 2 rings (SSSR count). The van der Waals surface area contributed by atoms with Crippen molar-refractivity contribution < 1.29 is 4.79 Å². The van der Waals surface area contributed by atoms with E-state index >= 15 is 0 Å². The van der Waals surface area contributed by atoms with Crippen molar-refractivity contribution in [2.75, 3.05) is 11.1 Å². The van der Waals surface area contributed by atoms with Crippen molar-refractivity contribution in [2.24, 2.45) is 5.73 Å². The lowest BCUT2D eigenvalue weighted by atomic mass is 10.0. The number of hydrogen-bond acceptors (Lipinski definition) is 3. The van der Waals surface area contributed by atoms with Crippen molar-refractivity contribution in [1.82, 2.24) is 0 Å². The van der Waals surface area contributed by atoms with Gasteiger partial charge in [0.05, 0.1) is 11.3 Å². The van der Waals surface area contributed by atoms with Crippen LogP contribution in [0.3, 0.4) is 0 Å². The highest BCUT2D eigenvalue weighted by Gasteiger charge is 2.09. The SMILES string of the molecule is CC(C)c1ccc(Nc2cc(N)ccc2C(N)=O)cc1. The third-order valence-electron chi connectivity index (χ3n) is 3.17. The highest BCUT2D eigenvalue weighted by atomic mass is 16.1. The van der Waals surface area contributed by atoms with E-state index in [4.69, 9.17) is 11.5 Å². The van der Waals surface area contributed by atoms with Crippen molar-refractivity contribution in [3.8, 4) is 0 Å². The van der Waals surface area contributed by atoms with Crippen molar-refractivity contribution in [3.63, 3.8) is 0 Å². The van der Waals surface area contributed by atoms with Crippen LogP contribution in [0.2, 0.25) is 0 Å². The summed E-state index contributed by atoms with van der Waals surface area (Å²) in [6, 6.07) is 13.1. The number of amides is 1. The minimum atomic E-state index is -0.480. The second kappa shape index (κ2) is 5.65. The predicted octanol–water partition coefficient (Wildman–Crippen LogP) is 3.23. The Morgan fingerprint density at radius 3 is 2.30 bits per heavy atom. The molecule has 0 aliphatic heterocycles. The molecule has 0 heterocycles. The van der Waals surface area contributed by atoms with Gasteiger partial charge in [-0.25, -0.2) is 0 Å². The maximum Gasteiger partial charge on any atom is 0.250 e. The molecule has 0 unspecified atom stereocenters.